The predicted octanol–water partition coefficient (Wildman–Crippen LogP) is 0.131. The Hall–Kier alpha value is -1.46. The first-order valence-corrected chi connectivity index (χ1v) is 4.91. The minimum Gasteiger partial charge on any atom is -0.453 e. The third-order valence-electron chi connectivity index (χ3n) is 2.48. The average molecular weight is 215 g/mol. The summed E-state index contributed by atoms with van der Waals surface area (Å²) < 4.78 is 4.50. The molecule has 1 heterocycles. The van der Waals surface area contributed by atoms with Crippen LogP contribution in [0.2, 0.25) is 0 Å². The molecule has 3 N–H and O–H groups in total. The van der Waals surface area contributed by atoms with Gasteiger partial charge >= 0.3 is 12.1 Å². The van der Waals surface area contributed by atoms with E-state index in [2.05, 4.69) is 10.1 Å². The summed E-state index contributed by atoms with van der Waals surface area (Å²) >= 11 is 0. The van der Waals surface area contributed by atoms with Gasteiger partial charge in [-0.1, -0.05) is 6.92 Å². The fourth-order valence-electron chi connectivity index (χ4n) is 1.86. The van der Waals surface area contributed by atoms with Crippen molar-refractivity contribution >= 4 is 12.1 Å². The third-order valence-corrected chi connectivity index (χ3v) is 2.48. The van der Waals surface area contributed by atoms with E-state index in [1.165, 1.54) is 12.0 Å². The van der Waals surface area contributed by atoms with Gasteiger partial charge in [0.05, 0.1) is 13.2 Å². The van der Waals surface area contributed by atoms with Crippen molar-refractivity contribution in [1.82, 2.24) is 10.2 Å². The van der Waals surface area contributed by atoms with Crippen molar-refractivity contribution in [3.8, 4) is 0 Å². The van der Waals surface area contributed by atoms with Crippen LogP contribution in [0.3, 0.4) is 0 Å². The summed E-state index contributed by atoms with van der Waals surface area (Å²) in [7, 11) is 1.31. The Morgan fingerprint density at radius 2 is 2.13 bits per heavy atom. The maximum Gasteiger partial charge on any atom is 0.407 e. The number of hydrogen-bond acceptors (Lipinski definition) is 3. The van der Waals surface area contributed by atoms with Crippen LogP contribution in [0.4, 0.5) is 9.59 Å². The van der Waals surface area contributed by atoms with E-state index >= 15 is 0 Å². The van der Waals surface area contributed by atoms with Crippen LogP contribution in [-0.2, 0) is 4.74 Å². The fourth-order valence-corrected chi connectivity index (χ4v) is 1.86. The zero-order chi connectivity index (χ0) is 11.4. The van der Waals surface area contributed by atoms with Crippen LogP contribution < -0.4 is 11.1 Å². The molecule has 0 saturated carbocycles. The molecule has 3 amide bonds. The molecular weight excluding hydrogens is 198 g/mol. The molecule has 0 bridgehead atoms. The highest BCUT2D eigenvalue weighted by molar-refractivity contribution is 5.72. The quantitative estimate of drug-likeness (QED) is 0.652. The van der Waals surface area contributed by atoms with Gasteiger partial charge in [-0.15, -0.1) is 0 Å². The summed E-state index contributed by atoms with van der Waals surface area (Å²) in [6, 6.07) is -0.521. The molecule has 1 saturated heterocycles. The molecule has 1 aliphatic rings. The first-order chi connectivity index (χ1) is 7.02. The number of ether oxygens (including phenoxy) is 1. The number of piperidine rings is 1. The Morgan fingerprint density at radius 1 is 1.47 bits per heavy atom. The third kappa shape index (κ3) is 3.30. The lowest BCUT2D eigenvalue weighted by molar-refractivity contribution is 0.138. The number of rotatable bonds is 1. The number of urea groups is 1. The molecule has 15 heavy (non-hydrogen) atoms. The second-order valence-electron chi connectivity index (χ2n) is 3.92. The zero-order valence-corrected chi connectivity index (χ0v) is 9.03. The number of hydrogen-bond donors (Lipinski definition) is 2. The highest BCUT2D eigenvalue weighted by Crippen LogP contribution is 2.15. The Morgan fingerprint density at radius 3 is 2.67 bits per heavy atom. The molecule has 6 nitrogen and oxygen atoms in total. The van der Waals surface area contributed by atoms with Crippen LogP contribution in [0.1, 0.15) is 13.3 Å². The summed E-state index contributed by atoms with van der Waals surface area (Å²) in [6.45, 7) is 3.12. The highest BCUT2D eigenvalue weighted by atomic mass is 16.5. The number of amides is 3. The van der Waals surface area contributed by atoms with Gasteiger partial charge in [0.1, 0.15) is 0 Å². The van der Waals surface area contributed by atoms with Gasteiger partial charge in [0, 0.05) is 13.1 Å². The molecule has 2 unspecified atom stereocenters. The molecule has 0 aliphatic carbocycles. The minimum atomic E-state index is -0.474. The molecule has 0 radical (unpaired) electrons. The average Bonchev–Trinajstić information content (AvgIpc) is 2.16. The number of nitrogens with two attached hydrogens (primary N) is 1. The standard InChI is InChI=1S/C9H17N3O3/c1-6-3-7(11-9(14)15-2)5-12(4-6)8(10)13/h6-7H,3-5H2,1-2H3,(H2,10,13)(H,11,14). The summed E-state index contributed by atoms with van der Waals surface area (Å²) in [5, 5.41) is 2.67. The lowest BCUT2D eigenvalue weighted by atomic mass is 9.96. The van der Waals surface area contributed by atoms with E-state index in [1.807, 2.05) is 6.92 Å². The van der Waals surface area contributed by atoms with Crippen LogP contribution in [0, 0.1) is 5.92 Å². The highest BCUT2D eigenvalue weighted by Gasteiger charge is 2.27. The molecule has 1 fully saturated rings. The van der Waals surface area contributed by atoms with Crippen LogP contribution in [-0.4, -0.2) is 43.3 Å². The van der Waals surface area contributed by atoms with E-state index in [4.69, 9.17) is 5.73 Å². The first kappa shape index (κ1) is 11.6. The second kappa shape index (κ2) is 4.86. The van der Waals surface area contributed by atoms with Crippen LogP contribution in [0.15, 0.2) is 0 Å². The monoisotopic (exact) mass is 215 g/mol. The number of carbonyl (C=O) groups excluding carboxylic acids is 2. The van der Waals surface area contributed by atoms with Crippen molar-refractivity contribution in [1.29, 1.82) is 0 Å². The van der Waals surface area contributed by atoms with Crippen molar-refractivity contribution in [3.05, 3.63) is 0 Å². The number of methoxy groups -OCH3 is 1. The Labute approximate surface area is 88.7 Å². The van der Waals surface area contributed by atoms with Crippen molar-refractivity contribution < 1.29 is 14.3 Å². The van der Waals surface area contributed by atoms with Gasteiger partial charge in [0.25, 0.3) is 0 Å². The maximum absolute atomic E-state index is 11.0. The van der Waals surface area contributed by atoms with E-state index in [1.54, 1.807) is 0 Å². The van der Waals surface area contributed by atoms with Gasteiger partial charge < -0.3 is 20.7 Å². The van der Waals surface area contributed by atoms with Gasteiger partial charge in [-0.3, -0.25) is 0 Å². The smallest absolute Gasteiger partial charge is 0.407 e. The Kier molecular flexibility index (Phi) is 3.76. The summed E-state index contributed by atoms with van der Waals surface area (Å²) in [6.07, 6.45) is 0.359. The molecule has 0 aromatic heterocycles. The SMILES string of the molecule is COC(=O)NC1CC(C)CN(C(N)=O)C1. The number of alkyl carbamates (subject to hydrolysis) is 1. The topological polar surface area (TPSA) is 84.7 Å². The van der Waals surface area contributed by atoms with E-state index in [0.29, 0.717) is 19.0 Å². The van der Waals surface area contributed by atoms with Gasteiger partial charge in [-0.2, -0.15) is 0 Å². The number of likely N-dealkylation sites (tertiary alicyclic amines) is 1. The molecule has 0 spiro atoms. The van der Waals surface area contributed by atoms with Gasteiger partial charge in [-0.25, -0.2) is 9.59 Å². The lowest BCUT2D eigenvalue weighted by Crippen LogP contribution is -2.53. The molecule has 6 heteroatoms. The van der Waals surface area contributed by atoms with E-state index in [9.17, 15) is 9.59 Å². The van der Waals surface area contributed by atoms with Crippen molar-refractivity contribution in [3.63, 3.8) is 0 Å². The normalized spacial score (nSPS) is 25.9. The molecule has 1 rings (SSSR count). The molecule has 0 aromatic carbocycles. The lowest BCUT2D eigenvalue weighted by Gasteiger charge is -2.35. The maximum atomic E-state index is 11.0. The van der Waals surface area contributed by atoms with Crippen molar-refractivity contribution in [2.24, 2.45) is 11.7 Å². The first-order valence-electron chi connectivity index (χ1n) is 4.91. The molecular formula is C9H17N3O3. The van der Waals surface area contributed by atoms with Gasteiger partial charge in [0.15, 0.2) is 0 Å². The predicted molar refractivity (Wildman–Crippen MR) is 54.3 cm³/mol. The fraction of sp³-hybridized carbons (Fsp3) is 0.778. The molecule has 86 valence electrons. The molecule has 0 aromatic rings. The van der Waals surface area contributed by atoms with Crippen LogP contribution in [0.25, 0.3) is 0 Å². The van der Waals surface area contributed by atoms with Crippen LogP contribution >= 0.6 is 0 Å². The van der Waals surface area contributed by atoms with E-state index in [-0.39, 0.29) is 6.04 Å². The number of primary amides is 1. The van der Waals surface area contributed by atoms with Gasteiger partial charge in [0.2, 0.25) is 0 Å². The van der Waals surface area contributed by atoms with Crippen molar-refractivity contribution in [2.75, 3.05) is 20.2 Å². The molecule has 2 atom stereocenters. The summed E-state index contributed by atoms with van der Waals surface area (Å²) in [5.41, 5.74) is 5.20. The largest absolute Gasteiger partial charge is 0.453 e. The van der Waals surface area contributed by atoms with Crippen molar-refractivity contribution in [2.45, 2.75) is 19.4 Å². The summed E-state index contributed by atoms with van der Waals surface area (Å²) in [5.74, 6) is 0.327. The number of carbonyl (C=O) groups is 2. The Bertz CT molecular complexity index is 257. The minimum absolute atomic E-state index is 0.0753. The van der Waals surface area contributed by atoms with Gasteiger partial charge in [-0.05, 0) is 12.3 Å². The number of nitrogens with one attached hydrogen (secondary N) is 1. The Balaban J connectivity index is 2.51. The zero-order valence-electron chi connectivity index (χ0n) is 9.03. The molecule has 1 aliphatic heterocycles. The van der Waals surface area contributed by atoms with Crippen LogP contribution in [0.5, 0.6) is 0 Å². The second-order valence-corrected chi connectivity index (χ2v) is 3.92. The number of nitrogens with zero attached hydrogens (tertiary/aromatic N) is 1. The summed E-state index contributed by atoms with van der Waals surface area (Å²) in [4.78, 5) is 23.5. The van der Waals surface area contributed by atoms with E-state index < -0.39 is 12.1 Å². The van der Waals surface area contributed by atoms with E-state index in [0.717, 1.165) is 6.42 Å².